The minimum absolute atomic E-state index is 0.193. The highest BCUT2D eigenvalue weighted by Gasteiger charge is 2.28. The van der Waals surface area contributed by atoms with Crippen molar-refractivity contribution in [3.63, 3.8) is 0 Å². The largest absolute Gasteiger partial charge is 0.378 e. The number of ether oxygens (including phenoxy) is 1. The lowest BCUT2D eigenvalue weighted by molar-refractivity contribution is 0.0692. The van der Waals surface area contributed by atoms with Crippen LogP contribution >= 0.6 is 0 Å². The van der Waals surface area contributed by atoms with Gasteiger partial charge in [-0.25, -0.2) is 0 Å². The molecular weight excluding hydrogens is 334 g/mol. The molecule has 0 saturated carbocycles. The quantitative estimate of drug-likeness (QED) is 0.802. The molecular formula is C18H19N5O3. The number of morpholine rings is 1. The summed E-state index contributed by atoms with van der Waals surface area (Å²) in [6.07, 6.45) is 2.39. The summed E-state index contributed by atoms with van der Waals surface area (Å²) in [7, 11) is 0. The van der Waals surface area contributed by atoms with E-state index in [1.165, 1.54) is 0 Å². The Bertz CT molecular complexity index is 879. The number of aromatic nitrogens is 2. The van der Waals surface area contributed by atoms with Crippen LogP contribution in [-0.4, -0.2) is 53.8 Å². The van der Waals surface area contributed by atoms with Crippen LogP contribution in [0.15, 0.2) is 16.8 Å². The number of hydrogen-bond acceptors (Lipinski definition) is 7. The lowest BCUT2D eigenvalue weighted by Crippen LogP contribution is -2.37. The van der Waals surface area contributed by atoms with Crippen molar-refractivity contribution in [3.05, 3.63) is 40.4 Å². The van der Waals surface area contributed by atoms with Crippen LogP contribution in [0, 0.1) is 18.3 Å². The lowest BCUT2D eigenvalue weighted by Gasteiger charge is -2.28. The van der Waals surface area contributed by atoms with Gasteiger partial charge in [-0.05, 0) is 24.5 Å². The molecule has 8 heteroatoms. The van der Waals surface area contributed by atoms with E-state index in [1.807, 2.05) is 11.8 Å². The first-order chi connectivity index (χ1) is 12.7. The zero-order valence-electron chi connectivity index (χ0n) is 14.6. The lowest BCUT2D eigenvalue weighted by atomic mass is 9.95. The molecule has 2 aromatic heterocycles. The van der Waals surface area contributed by atoms with E-state index < -0.39 is 0 Å². The minimum Gasteiger partial charge on any atom is -0.378 e. The van der Waals surface area contributed by atoms with Crippen LogP contribution in [0.5, 0.6) is 0 Å². The maximum absolute atomic E-state index is 12.8. The molecule has 2 aliphatic heterocycles. The Morgan fingerprint density at radius 2 is 2.12 bits per heavy atom. The van der Waals surface area contributed by atoms with Crippen LogP contribution in [-0.2, 0) is 17.7 Å². The van der Waals surface area contributed by atoms with E-state index in [-0.39, 0.29) is 11.7 Å². The van der Waals surface area contributed by atoms with Gasteiger partial charge in [-0.3, -0.25) is 9.78 Å². The van der Waals surface area contributed by atoms with Gasteiger partial charge in [0.1, 0.15) is 6.07 Å². The molecule has 0 aromatic carbocycles. The highest BCUT2D eigenvalue weighted by Crippen LogP contribution is 2.25. The molecule has 134 valence electrons. The van der Waals surface area contributed by atoms with Crippen LogP contribution in [0.25, 0.3) is 0 Å². The van der Waals surface area contributed by atoms with Crippen molar-refractivity contribution in [3.8, 4) is 6.07 Å². The summed E-state index contributed by atoms with van der Waals surface area (Å²) >= 11 is 0. The SMILES string of the molecule is Cc1ncc2c(c1C#N)CCN(C(=O)c1cc(N3CCOCC3)no1)C2. The van der Waals surface area contributed by atoms with E-state index in [2.05, 4.69) is 16.2 Å². The van der Waals surface area contributed by atoms with Crippen LogP contribution in [0.2, 0.25) is 0 Å². The molecule has 1 amide bonds. The number of anilines is 1. The first kappa shape index (κ1) is 16.5. The number of fused-ring (bicyclic) bond motifs is 1. The monoisotopic (exact) mass is 353 g/mol. The summed E-state index contributed by atoms with van der Waals surface area (Å²) < 4.78 is 10.6. The number of pyridine rings is 1. The fourth-order valence-electron chi connectivity index (χ4n) is 3.44. The maximum Gasteiger partial charge on any atom is 0.292 e. The number of carbonyl (C=O) groups excluding carboxylic acids is 1. The molecule has 0 radical (unpaired) electrons. The van der Waals surface area contributed by atoms with Gasteiger partial charge in [0, 0.05) is 38.4 Å². The zero-order chi connectivity index (χ0) is 18.1. The van der Waals surface area contributed by atoms with Crippen molar-refractivity contribution in [2.75, 3.05) is 37.7 Å². The molecule has 0 aliphatic carbocycles. The van der Waals surface area contributed by atoms with Gasteiger partial charge in [0.05, 0.1) is 24.5 Å². The van der Waals surface area contributed by atoms with Crippen LogP contribution in [0.4, 0.5) is 5.82 Å². The van der Waals surface area contributed by atoms with E-state index in [9.17, 15) is 10.1 Å². The molecule has 0 bridgehead atoms. The molecule has 8 nitrogen and oxygen atoms in total. The normalized spacial score (nSPS) is 16.9. The fourth-order valence-corrected chi connectivity index (χ4v) is 3.44. The van der Waals surface area contributed by atoms with Gasteiger partial charge in [-0.1, -0.05) is 5.16 Å². The standard InChI is InChI=1S/C18H19N5O3/c1-12-15(9-19)14-2-3-23(11-13(14)10-20-12)18(24)16-8-17(21-26-16)22-4-6-25-7-5-22/h8,10H,2-7,11H2,1H3. The molecule has 4 rings (SSSR count). The van der Waals surface area contributed by atoms with Crippen LogP contribution in [0.3, 0.4) is 0 Å². The molecule has 2 aromatic rings. The Balaban J connectivity index is 1.51. The number of nitrogens with zero attached hydrogens (tertiary/aromatic N) is 5. The van der Waals surface area contributed by atoms with Gasteiger partial charge in [0.25, 0.3) is 5.91 Å². The molecule has 2 aliphatic rings. The Hall–Kier alpha value is -2.92. The van der Waals surface area contributed by atoms with Crippen molar-refractivity contribution in [1.82, 2.24) is 15.0 Å². The number of carbonyl (C=O) groups is 1. The number of hydrogen-bond donors (Lipinski definition) is 0. The molecule has 1 saturated heterocycles. The van der Waals surface area contributed by atoms with Crippen molar-refractivity contribution >= 4 is 11.7 Å². The van der Waals surface area contributed by atoms with E-state index in [0.717, 1.165) is 29.9 Å². The van der Waals surface area contributed by atoms with Gasteiger partial charge < -0.3 is 19.1 Å². The van der Waals surface area contributed by atoms with Gasteiger partial charge in [0.2, 0.25) is 5.76 Å². The summed E-state index contributed by atoms with van der Waals surface area (Å²) in [5.74, 6) is 0.704. The van der Waals surface area contributed by atoms with Gasteiger partial charge in [-0.2, -0.15) is 5.26 Å². The molecule has 0 atom stereocenters. The van der Waals surface area contributed by atoms with Gasteiger partial charge >= 0.3 is 0 Å². The van der Waals surface area contributed by atoms with E-state index >= 15 is 0 Å². The maximum atomic E-state index is 12.8. The number of nitriles is 1. The second-order valence-corrected chi connectivity index (χ2v) is 6.46. The highest BCUT2D eigenvalue weighted by molar-refractivity contribution is 5.92. The summed E-state index contributed by atoms with van der Waals surface area (Å²) in [5.41, 5.74) is 3.27. The predicted molar refractivity (Wildman–Crippen MR) is 91.7 cm³/mol. The Morgan fingerprint density at radius 3 is 2.88 bits per heavy atom. The third-order valence-corrected chi connectivity index (χ3v) is 4.90. The summed E-state index contributed by atoms with van der Waals surface area (Å²) in [6.45, 7) is 5.55. The molecule has 4 heterocycles. The molecule has 0 N–H and O–H groups in total. The highest BCUT2D eigenvalue weighted by atomic mass is 16.5. The Morgan fingerprint density at radius 1 is 1.31 bits per heavy atom. The second-order valence-electron chi connectivity index (χ2n) is 6.46. The van der Waals surface area contributed by atoms with E-state index in [4.69, 9.17) is 9.26 Å². The van der Waals surface area contributed by atoms with Crippen molar-refractivity contribution in [1.29, 1.82) is 5.26 Å². The average Bonchev–Trinajstić information content (AvgIpc) is 3.18. The predicted octanol–water partition coefficient (Wildman–Crippen LogP) is 1.28. The fraction of sp³-hybridized carbons (Fsp3) is 0.444. The number of aryl methyl sites for hydroxylation is 1. The summed E-state index contributed by atoms with van der Waals surface area (Å²) in [6, 6.07) is 3.92. The molecule has 0 spiro atoms. The third-order valence-electron chi connectivity index (χ3n) is 4.90. The summed E-state index contributed by atoms with van der Waals surface area (Å²) in [5, 5.41) is 13.4. The van der Waals surface area contributed by atoms with E-state index in [1.54, 1.807) is 17.2 Å². The van der Waals surface area contributed by atoms with Crippen molar-refractivity contribution in [2.24, 2.45) is 0 Å². The summed E-state index contributed by atoms with van der Waals surface area (Å²) in [4.78, 5) is 20.8. The zero-order valence-corrected chi connectivity index (χ0v) is 14.6. The average molecular weight is 353 g/mol. The Kier molecular flexibility index (Phi) is 4.31. The van der Waals surface area contributed by atoms with E-state index in [0.29, 0.717) is 44.1 Å². The molecule has 26 heavy (non-hydrogen) atoms. The first-order valence-corrected chi connectivity index (χ1v) is 8.63. The van der Waals surface area contributed by atoms with Crippen LogP contribution in [0.1, 0.15) is 32.9 Å². The van der Waals surface area contributed by atoms with Gasteiger partial charge in [-0.15, -0.1) is 0 Å². The number of amides is 1. The number of rotatable bonds is 2. The Labute approximate surface area is 150 Å². The van der Waals surface area contributed by atoms with Gasteiger partial charge in [0.15, 0.2) is 5.82 Å². The van der Waals surface area contributed by atoms with Crippen LogP contribution < -0.4 is 4.90 Å². The van der Waals surface area contributed by atoms with Crippen molar-refractivity contribution < 1.29 is 14.1 Å². The topological polar surface area (TPSA) is 95.5 Å². The first-order valence-electron chi connectivity index (χ1n) is 8.63. The van der Waals surface area contributed by atoms with Crippen molar-refractivity contribution in [2.45, 2.75) is 19.9 Å². The molecule has 0 unspecified atom stereocenters. The second kappa shape index (κ2) is 6.77. The molecule has 1 fully saturated rings. The minimum atomic E-state index is -0.193. The third kappa shape index (κ3) is 2.91. The smallest absolute Gasteiger partial charge is 0.292 e.